The van der Waals surface area contributed by atoms with Crippen LogP contribution >= 0.6 is 0 Å². The van der Waals surface area contributed by atoms with Crippen LogP contribution in [0.3, 0.4) is 0 Å². The van der Waals surface area contributed by atoms with Gasteiger partial charge in [0.2, 0.25) is 0 Å². The van der Waals surface area contributed by atoms with Crippen LogP contribution < -0.4 is 4.90 Å². The highest BCUT2D eigenvalue weighted by Crippen LogP contribution is 2.29. The fourth-order valence-corrected chi connectivity index (χ4v) is 4.87. The van der Waals surface area contributed by atoms with Gasteiger partial charge in [-0.1, -0.05) is 60.7 Å². The monoisotopic (exact) mass is 409 g/mol. The minimum atomic E-state index is 0.660. The van der Waals surface area contributed by atoms with Crippen LogP contribution in [0.25, 0.3) is 10.9 Å². The first-order chi connectivity index (χ1) is 15.3. The molecule has 1 aromatic heterocycles. The molecule has 1 N–H and O–H groups in total. The number of aromatic nitrogens is 1. The van der Waals surface area contributed by atoms with Crippen LogP contribution in [-0.4, -0.2) is 29.5 Å². The SMILES string of the molecule is CN1CCCC1Cc1c[nH]c2ccc(N(Cc3ccccc3)Cc3ccccc3)cc12. The standard InChI is InChI=1S/C28H31N3/c1-30-16-8-13-25(30)17-24-19-29-28-15-14-26(18-27(24)28)31(20-22-9-4-2-5-10-22)21-23-11-6-3-7-12-23/h2-7,9-12,14-15,18-19,25,29H,8,13,16-17,20-21H2,1H3. The molecule has 0 radical (unpaired) electrons. The smallest absolute Gasteiger partial charge is 0.0458 e. The van der Waals surface area contributed by atoms with Crippen molar-refractivity contribution < 1.29 is 0 Å². The van der Waals surface area contributed by atoms with Gasteiger partial charge < -0.3 is 14.8 Å². The average molecular weight is 410 g/mol. The van der Waals surface area contributed by atoms with Crippen LogP contribution in [0.2, 0.25) is 0 Å². The maximum atomic E-state index is 3.51. The van der Waals surface area contributed by atoms with Crippen molar-refractivity contribution in [3.63, 3.8) is 0 Å². The summed E-state index contributed by atoms with van der Waals surface area (Å²) in [6.45, 7) is 3.01. The molecule has 1 saturated heterocycles. The van der Waals surface area contributed by atoms with Crippen molar-refractivity contribution in [2.45, 2.75) is 38.4 Å². The summed E-state index contributed by atoms with van der Waals surface area (Å²) in [6, 6.07) is 29.1. The molecule has 5 rings (SSSR count). The summed E-state index contributed by atoms with van der Waals surface area (Å²) in [7, 11) is 2.26. The normalized spacial score (nSPS) is 16.7. The Balaban J connectivity index is 1.47. The molecule has 0 amide bonds. The van der Waals surface area contributed by atoms with Crippen molar-refractivity contribution in [1.82, 2.24) is 9.88 Å². The van der Waals surface area contributed by atoms with E-state index in [-0.39, 0.29) is 0 Å². The fourth-order valence-electron chi connectivity index (χ4n) is 4.87. The molecule has 3 nitrogen and oxygen atoms in total. The number of hydrogen-bond acceptors (Lipinski definition) is 2. The Morgan fingerprint density at radius 2 is 1.58 bits per heavy atom. The predicted molar refractivity (Wildman–Crippen MR) is 130 cm³/mol. The molecule has 31 heavy (non-hydrogen) atoms. The number of aromatic amines is 1. The third-order valence-corrected chi connectivity index (χ3v) is 6.68. The Hall–Kier alpha value is -3.04. The van der Waals surface area contributed by atoms with Gasteiger partial charge in [-0.15, -0.1) is 0 Å². The molecule has 1 fully saturated rings. The van der Waals surface area contributed by atoms with E-state index in [2.05, 4.69) is 107 Å². The first-order valence-electron chi connectivity index (χ1n) is 11.4. The zero-order valence-electron chi connectivity index (χ0n) is 18.3. The minimum Gasteiger partial charge on any atom is -0.363 e. The van der Waals surface area contributed by atoms with Crippen molar-refractivity contribution in [1.29, 1.82) is 0 Å². The van der Waals surface area contributed by atoms with Crippen LogP contribution in [0.5, 0.6) is 0 Å². The van der Waals surface area contributed by atoms with Crippen molar-refractivity contribution >= 4 is 16.6 Å². The summed E-state index contributed by atoms with van der Waals surface area (Å²) in [5, 5.41) is 1.36. The van der Waals surface area contributed by atoms with E-state index >= 15 is 0 Å². The largest absolute Gasteiger partial charge is 0.363 e. The summed E-state index contributed by atoms with van der Waals surface area (Å²) < 4.78 is 0. The van der Waals surface area contributed by atoms with E-state index in [1.165, 1.54) is 52.7 Å². The van der Waals surface area contributed by atoms with E-state index in [9.17, 15) is 0 Å². The van der Waals surface area contributed by atoms with E-state index in [1.54, 1.807) is 0 Å². The molecule has 0 aliphatic carbocycles. The third kappa shape index (κ3) is 4.52. The molecule has 4 aromatic rings. The second kappa shape index (κ2) is 8.99. The summed E-state index contributed by atoms with van der Waals surface area (Å²) in [5.41, 5.74) is 6.62. The van der Waals surface area contributed by atoms with Crippen LogP contribution in [0, 0.1) is 0 Å². The third-order valence-electron chi connectivity index (χ3n) is 6.68. The van der Waals surface area contributed by atoms with E-state index in [1.807, 2.05) is 0 Å². The first-order valence-corrected chi connectivity index (χ1v) is 11.4. The van der Waals surface area contributed by atoms with Gasteiger partial charge in [0.15, 0.2) is 0 Å². The first kappa shape index (κ1) is 19.9. The van der Waals surface area contributed by atoms with Gasteiger partial charge in [0.25, 0.3) is 0 Å². The second-order valence-corrected chi connectivity index (χ2v) is 8.85. The molecule has 1 aliphatic heterocycles. The van der Waals surface area contributed by atoms with Crippen molar-refractivity contribution in [2.24, 2.45) is 0 Å². The van der Waals surface area contributed by atoms with Gasteiger partial charge in [0, 0.05) is 41.9 Å². The summed E-state index contributed by atoms with van der Waals surface area (Å²) >= 11 is 0. The number of nitrogens with one attached hydrogen (secondary N) is 1. The Kier molecular flexibility index (Phi) is 5.77. The highest BCUT2D eigenvalue weighted by atomic mass is 15.1. The molecular weight excluding hydrogens is 378 g/mol. The number of rotatable bonds is 7. The van der Waals surface area contributed by atoms with Gasteiger partial charge in [-0.2, -0.15) is 0 Å². The summed E-state index contributed by atoms with van der Waals surface area (Å²) in [4.78, 5) is 8.51. The molecule has 3 aromatic carbocycles. The number of likely N-dealkylation sites (tertiary alicyclic amines) is 1. The van der Waals surface area contributed by atoms with Crippen molar-refractivity contribution in [2.75, 3.05) is 18.5 Å². The van der Waals surface area contributed by atoms with Gasteiger partial charge >= 0.3 is 0 Å². The lowest BCUT2D eigenvalue weighted by Crippen LogP contribution is -2.26. The number of hydrogen-bond donors (Lipinski definition) is 1. The van der Waals surface area contributed by atoms with E-state index in [0.717, 1.165) is 19.5 Å². The summed E-state index contributed by atoms with van der Waals surface area (Å²) in [6.07, 6.45) is 5.96. The quantitative estimate of drug-likeness (QED) is 0.404. The maximum Gasteiger partial charge on any atom is 0.0458 e. The van der Waals surface area contributed by atoms with Gasteiger partial charge in [0.05, 0.1) is 0 Å². The van der Waals surface area contributed by atoms with Crippen LogP contribution in [-0.2, 0) is 19.5 Å². The predicted octanol–water partition coefficient (Wildman–Crippen LogP) is 6.01. The molecule has 1 aliphatic rings. The van der Waals surface area contributed by atoms with E-state index < -0.39 is 0 Å². The van der Waals surface area contributed by atoms with Crippen LogP contribution in [0.15, 0.2) is 85.1 Å². The molecule has 158 valence electrons. The lowest BCUT2D eigenvalue weighted by molar-refractivity contribution is 0.310. The Morgan fingerprint density at radius 1 is 0.903 bits per heavy atom. The van der Waals surface area contributed by atoms with Gasteiger partial charge in [-0.25, -0.2) is 0 Å². The lowest BCUT2D eigenvalue weighted by Gasteiger charge is -2.26. The number of nitrogens with zero attached hydrogens (tertiary/aromatic N) is 2. The Morgan fingerprint density at radius 3 is 2.19 bits per heavy atom. The average Bonchev–Trinajstić information content (AvgIpc) is 3.40. The zero-order chi connectivity index (χ0) is 21.0. The Bertz CT molecular complexity index is 1080. The van der Waals surface area contributed by atoms with Crippen LogP contribution in [0.1, 0.15) is 29.5 Å². The number of benzene rings is 3. The molecule has 1 atom stereocenters. The Labute approximate surface area is 185 Å². The number of anilines is 1. The fraction of sp³-hybridized carbons (Fsp3) is 0.286. The number of likely N-dealkylation sites (N-methyl/N-ethyl adjacent to an activating group) is 1. The zero-order valence-corrected chi connectivity index (χ0v) is 18.3. The second-order valence-electron chi connectivity index (χ2n) is 8.85. The lowest BCUT2D eigenvalue weighted by atomic mass is 10.0. The number of H-pyrrole nitrogens is 1. The van der Waals surface area contributed by atoms with Crippen molar-refractivity contribution in [3.05, 3.63) is 102 Å². The van der Waals surface area contributed by atoms with Gasteiger partial charge in [-0.3, -0.25) is 0 Å². The summed E-state index contributed by atoms with van der Waals surface area (Å²) in [5.74, 6) is 0. The minimum absolute atomic E-state index is 0.660. The van der Waals surface area contributed by atoms with Crippen molar-refractivity contribution in [3.8, 4) is 0 Å². The molecular formula is C28H31N3. The molecule has 2 heterocycles. The van der Waals surface area contributed by atoms with E-state index in [0.29, 0.717) is 6.04 Å². The van der Waals surface area contributed by atoms with Gasteiger partial charge in [-0.05, 0) is 67.7 Å². The highest BCUT2D eigenvalue weighted by Gasteiger charge is 2.22. The van der Waals surface area contributed by atoms with E-state index in [4.69, 9.17) is 0 Å². The molecule has 0 saturated carbocycles. The molecule has 0 spiro atoms. The highest BCUT2D eigenvalue weighted by molar-refractivity contribution is 5.86. The van der Waals surface area contributed by atoms with Crippen LogP contribution in [0.4, 0.5) is 5.69 Å². The molecule has 3 heteroatoms. The molecule has 1 unspecified atom stereocenters. The number of fused-ring (bicyclic) bond motifs is 1. The maximum absolute atomic E-state index is 3.51. The molecule has 0 bridgehead atoms. The topological polar surface area (TPSA) is 22.3 Å². The van der Waals surface area contributed by atoms with Gasteiger partial charge in [0.1, 0.15) is 0 Å².